The van der Waals surface area contributed by atoms with Crippen molar-refractivity contribution in [3.05, 3.63) is 98.8 Å². The van der Waals surface area contributed by atoms with Crippen LogP contribution in [-0.4, -0.2) is 22.5 Å². The van der Waals surface area contributed by atoms with E-state index in [1.807, 2.05) is 30.3 Å². The van der Waals surface area contributed by atoms with E-state index in [-0.39, 0.29) is 5.56 Å². The van der Waals surface area contributed by atoms with Crippen molar-refractivity contribution < 1.29 is 14.3 Å². The number of imidazole rings is 1. The van der Waals surface area contributed by atoms with Gasteiger partial charge >= 0.3 is 5.97 Å². The number of methoxy groups -OCH3 is 1. The molecule has 0 amide bonds. The summed E-state index contributed by atoms with van der Waals surface area (Å²) in [5.74, 6) is 0.642. The Hall–Kier alpha value is -3.97. The van der Waals surface area contributed by atoms with Crippen molar-refractivity contribution in [1.29, 1.82) is 0 Å². The highest BCUT2D eigenvalue weighted by molar-refractivity contribution is 7.15. The Labute approximate surface area is 180 Å². The number of thiazole rings is 1. The second kappa shape index (κ2) is 7.70. The maximum absolute atomic E-state index is 12.8. The van der Waals surface area contributed by atoms with Crippen LogP contribution >= 0.6 is 11.3 Å². The fraction of sp³-hybridized carbons (Fsp3) is 0.0417. The molecule has 0 aliphatic rings. The minimum absolute atomic E-state index is 0.0938. The third-order valence-electron chi connectivity index (χ3n) is 4.86. The summed E-state index contributed by atoms with van der Waals surface area (Å²) in [5, 5.41) is 0. The standard InChI is InChI=1S/C24H16N2O4S/c1-29-17-12-8-16(9-13-17)23(28)30-18-10-6-15(7-11-18)14-21-22(27)26-20-5-3-2-4-19(20)25-24(26)31-21/h2-14H,1H3. The first kappa shape index (κ1) is 19.0. The molecule has 0 radical (unpaired) electrons. The fourth-order valence-corrected chi connectivity index (χ4v) is 4.28. The first-order valence-electron chi connectivity index (χ1n) is 9.50. The molecule has 0 aliphatic carbocycles. The van der Waals surface area contributed by atoms with Crippen molar-refractivity contribution in [3.63, 3.8) is 0 Å². The van der Waals surface area contributed by atoms with Gasteiger partial charge in [0, 0.05) is 0 Å². The summed E-state index contributed by atoms with van der Waals surface area (Å²) in [4.78, 5) is 30.3. The number of benzene rings is 3. The average molecular weight is 428 g/mol. The molecule has 0 aliphatic heterocycles. The summed E-state index contributed by atoms with van der Waals surface area (Å²) in [6.45, 7) is 0. The SMILES string of the molecule is COc1ccc(C(=O)Oc2ccc(C=c3sc4nc5ccccc5n4c3=O)cc2)cc1. The zero-order chi connectivity index (χ0) is 21.4. The minimum atomic E-state index is -0.451. The number of rotatable bonds is 4. The molecule has 0 bridgehead atoms. The summed E-state index contributed by atoms with van der Waals surface area (Å²) < 4.78 is 12.7. The Morgan fingerprint density at radius 3 is 2.42 bits per heavy atom. The van der Waals surface area contributed by atoms with E-state index < -0.39 is 5.97 Å². The lowest BCUT2D eigenvalue weighted by atomic mass is 10.2. The molecule has 0 atom stereocenters. The van der Waals surface area contributed by atoms with Crippen LogP contribution in [0.1, 0.15) is 15.9 Å². The smallest absolute Gasteiger partial charge is 0.343 e. The number of para-hydroxylation sites is 2. The van der Waals surface area contributed by atoms with Gasteiger partial charge in [0.2, 0.25) is 0 Å². The van der Waals surface area contributed by atoms with E-state index in [0.29, 0.717) is 26.6 Å². The lowest BCUT2D eigenvalue weighted by Gasteiger charge is -2.05. The van der Waals surface area contributed by atoms with Crippen molar-refractivity contribution in [1.82, 2.24) is 9.38 Å². The van der Waals surface area contributed by atoms with Crippen LogP contribution < -0.4 is 19.6 Å². The van der Waals surface area contributed by atoms with Crippen LogP contribution in [0.15, 0.2) is 77.6 Å². The van der Waals surface area contributed by atoms with Gasteiger partial charge in [0.05, 0.1) is 28.2 Å². The maximum Gasteiger partial charge on any atom is 0.343 e. The van der Waals surface area contributed by atoms with Gasteiger partial charge in [0.1, 0.15) is 11.5 Å². The van der Waals surface area contributed by atoms with Gasteiger partial charge in [-0.3, -0.25) is 4.79 Å². The highest BCUT2D eigenvalue weighted by Gasteiger charge is 2.11. The number of ether oxygens (including phenoxy) is 2. The Morgan fingerprint density at radius 2 is 1.68 bits per heavy atom. The zero-order valence-electron chi connectivity index (χ0n) is 16.4. The van der Waals surface area contributed by atoms with Gasteiger partial charge in [-0.25, -0.2) is 14.2 Å². The van der Waals surface area contributed by atoms with Crippen molar-refractivity contribution in [2.75, 3.05) is 7.11 Å². The monoisotopic (exact) mass is 428 g/mol. The summed E-state index contributed by atoms with van der Waals surface area (Å²) in [6.07, 6.45) is 1.81. The average Bonchev–Trinajstić information content (AvgIpc) is 3.31. The summed E-state index contributed by atoms with van der Waals surface area (Å²) in [5.41, 5.74) is 2.78. The molecule has 6 nitrogen and oxygen atoms in total. The Balaban J connectivity index is 1.39. The van der Waals surface area contributed by atoms with Crippen molar-refractivity contribution in [2.24, 2.45) is 0 Å². The van der Waals surface area contributed by atoms with E-state index >= 15 is 0 Å². The molecule has 0 saturated carbocycles. The largest absolute Gasteiger partial charge is 0.497 e. The summed E-state index contributed by atoms with van der Waals surface area (Å²) >= 11 is 1.35. The second-order valence-electron chi connectivity index (χ2n) is 6.82. The van der Waals surface area contributed by atoms with Crippen LogP contribution in [0, 0.1) is 0 Å². The van der Waals surface area contributed by atoms with E-state index in [1.54, 1.807) is 60.0 Å². The summed E-state index contributed by atoms with van der Waals surface area (Å²) in [6, 6.07) is 21.3. The molecule has 2 aromatic heterocycles. The van der Waals surface area contributed by atoms with E-state index in [1.165, 1.54) is 11.3 Å². The lowest BCUT2D eigenvalue weighted by molar-refractivity contribution is 0.0734. The van der Waals surface area contributed by atoms with E-state index in [4.69, 9.17) is 9.47 Å². The number of hydrogen-bond acceptors (Lipinski definition) is 6. The first-order valence-corrected chi connectivity index (χ1v) is 10.3. The minimum Gasteiger partial charge on any atom is -0.497 e. The predicted molar refractivity (Wildman–Crippen MR) is 120 cm³/mol. The highest BCUT2D eigenvalue weighted by atomic mass is 32.1. The molecule has 5 aromatic rings. The molecule has 0 unspecified atom stereocenters. The van der Waals surface area contributed by atoms with Crippen LogP contribution in [0.2, 0.25) is 0 Å². The second-order valence-corrected chi connectivity index (χ2v) is 7.83. The molecule has 31 heavy (non-hydrogen) atoms. The quantitative estimate of drug-likeness (QED) is 0.323. The maximum atomic E-state index is 12.8. The zero-order valence-corrected chi connectivity index (χ0v) is 17.3. The van der Waals surface area contributed by atoms with Crippen LogP contribution in [0.3, 0.4) is 0 Å². The van der Waals surface area contributed by atoms with Crippen LogP contribution in [0.5, 0.6) is 11.5 Å². The number of carbonyl (C=O) groups is 1. The molecule has 0 saturated heterocycles. The van der Waals surface area contributed by atoms with Gasteiger partial charge in [0.15, 0.2) is 4.96 Å². The van der Waals surface area contributed by atoms with E-state index in [9.17, 15) is 9.59 Å². The topological polar surface area (TPSA) is 69.9 Å². The Morgan fingerprint density at radius 1 is 0.968 bits per heavy atom. The molecule has 0 spiro atoms. The molecular formula is C24H16N2O4S. The number of hydrogen-bond donors (Lipinski definition) is 0. The van der Waals surface area contributed by atoms with Gasteiger partial charge in [-0.05, 0) is 60.2 Å². The lowest BCUT2D eigenvalue weighted by Crippen LogP contribution is -2.22. The normalized spacial score (nSPS) is 11.8. The number of carbonyl (C=O) groups excluding carboxylic acids is 1. The number of aromatic nitrogens is 2. The van der Waals surface area contributed by atoms with Gasteiger partial charge in [-0.15, -0.1) is 0 Å². The third kappa shape index (κ3) is 3.55. The Bertz CT molecular complexity index is 1520. The van der Waals surface area contributed by atoms with Crippen LogP contribution in [-0.2, 0) is 0 Å². The van der Waals surface area contributed by atoms with E-state index in [0.717, 1.165) is 16.6 Å². The van der Waals surface area contributed by atoms with Crippen LogP contribution in [0.4, 0.5) is 0 Å². The molecule has 152 valence electrons. The first-order chi connectivity index (χ1) is 15.1. The summed E-state index contributed by atoms with van der Waals surface area (Å²) in [7, 11) is 1.57. The molecule has 3 aromatic carbocycles. The number of esters is 1. The van der Waals surface area contributed by atoms with E-state index in [2.05, 4.69) is 4.98 Å². The predicted octanol–water partition coefficient (Wildman–Crippen LogP) is 3.68. The number of nitrogens with zero attached hydrogens (tertiary/aromatic N) is 2. The molecule has 2 heterocycles. The highest BCUT2D eigenvalue weighted by Crippen LogP contribution is 2.18. The number of fused-ring (bicyclic) bond motifs is 3. The molecular weight excluding hydrogens is 412 g/mol. The van der Waals surface area contributed by atoms with Gasteiger partial charge in [-0.1, -0.05) is 35.6 Å². The Kier molecular flexibility index (Phi) is 4.72. The van der Waals surface area contributed by atoms with Crippen molar-refractivity contribution in [2.45, 2.75) is 0 Å². The molecule has 0 N–H and O–H groups in total. The fourth-order valence-electron chi connectivity index (χ4n) is 3.29. The van der Waals surface area contributed by atoms with Crippen molar-refractivity contribution >= 4 is 39.4 Å². The molecule has 5 rings (SSSR count). The van der Waals surface area contributed by atoms with Crippen molar-refractivity contribution in [3.8, 4) is 11.5 Å². The molecule has 7 heteroatoms. The van der Waals surface area contributed by atoms with Crippen LogP contribution in [0.25, 0.3) is 22.1 Å². The molecule has 0 fully saturated rings. The van der Waals surface area contributed by atoms with Gasteiger partial charge in [0.25, 0.3) is 5.56 Å². The van der Waals surface area contributed by atoms with Gasteiger partial charge < -0.3 is 9.47 Å². The third-order valence-corrected chi connectivity index (χ3v) is 5.83. The van der Waals surface area contributed by atoms with Gasteiger partial charge in [-0.2, -0.15) is 0 Å².